The van der Waals surface area contributed by atoms with Crippen molar-refractivity contribution in [3.05, 3.63) is 0 Å². The number of nitrogens with one attached hydrogen (secondary N) is 1. The van der Waals surface area contributed by atoms with Gasteiger partial charge in [-0.05, 0) is 38.5 Å². The Morgan fingerprint density at radius 2 is 1.94 bits per heavy atom. The van der Waals surface area contributed by atoms with Gasteiger partial charge in [-0.3, -0.25) is 4.79 Å². The molecule has 0 aromatic heterocycles. The van der Waals surface area contributed by atoms with Gasteiger partial charge in [-0.1, -0.05) is 27.2 Å². The molecule has 1 unspecified atom stereocenters. The van der Waals surface area contributed by atoms with E-state index in [4.69, 9.17) is 10.1 Å². The van der Waals surface area contributed by atoms with Crippen molar-refractivity contribution in [2.75, 3.05) is 6.61 Å². The average Bonchev–Trinajstić information content (AvgIpc) is 2.24. The molecule has 17 heavy (non-hydrogen) atoms. The Hall–Kier alpha value is -0.860. The Morgan fingerprint density at radius 1 is 1.29 bits per heavy atom. The van der Waals surface area contributed by atoms with Crippen LogP contribution in [0.2, 0.25) is 0 Å². The Labute approximate surface area is 105 Å². The molecule has 0 aliphatic rings. The monoisotopic (exact) mass is 241 g/mol. The van der Waals surface area contributed by atoms with Crippen molar-refractivity contribution in [1.29, 1.82) is 5.41 Å². The fourth-order valence-electron chi connectivity index (χ4n) is 1.71. The fraction of sp³-hybridized carbons (Fsp3) is 0.857. The van der Waals surface area contributed by atoms with Gasteiger partial charge in [-0.25, -0.2) is 0 Å². The third kappa shape index (κ3) is 8.90. The van der Waals surface area contributed by atoms with E-state index in [1.54, 1.807) is 0 Å². The van der Waals surface area contributed by atoms with Crippen LogP contribution in [-0.2, 0) is 9.53 Å². The SMILES string of the molecule is CCCC(CCCC(C)=N)C(=O)OCC(C)C. The third-order valence-electron chi connectivity index (χ3n) is 2.63. The van der Waals surface area contributed by atoms with Crippen molar-refractivity contribution in [1.82, 2.24) is 0 Å². The van der Waals surface area contributed by atoms with Crippen LogP contribution in [0.4, 0.5) is 0 Å². The minimum Gasteiger partial charge on any atom is -0.465 e. The maximum absolute atomic E-state index is 11.8. The van der Waals surface area contributed by atoms with E-state index in [-0.39, 0.29) is 11.9 Å². The van der Waals surface area contributed by atoms with E-state index in [9.17, 15) is 4.79 Å². The van der Waals surface area contributed by atoms with Crippen LogP contribution >= 0.6 is 0 Å². The zero-order chi connectivity index (χ0) is 13.3. The van der Waals surface area contributed by atoms with Gasteiger partial charge in [0.25, 0.3) is 0 Å². The fourth-order valence-corrected chi connectivity index (χ4v) is 1.71. The van der Waals surface area contributed by atoms with Crippen molar-refractivity contribution in [3.63, 3.8) is 0 Å². The van der Waals surface area contributed by atoms with Crippen LogP contribution in [0.1, 0.15) is 59.8 Å². The maximum atomic E-state index is 11.8. The standard InChI is InChI=1S/C14H27NO2/c1-5-7-13(9-6-8-12(4)15)14(16)17-10-11(2)3/h11,13,15H,5-10H2,1-4H3. The zero-order valence-corrected chi connectivity index (χ0v) is 11.7. The molecule has 1 atom stereocenters. The normalized spacial score (nSPS) is 12.5. The van der Waals surface area contributed by atoms with Gasteiger partial charge in [0.05, 0.1) is 12.5 Å². The van der Waals surface area contributed by atoms with Crippen LogP contribution in [0.3, 0.4) is 0 Å². The second-order valence-electron chi connectivity index (χ2n) is 5.18. The van der Waals surface area contributed by atoms with Gasteiger partial charge < -0.3 is 10.1 Å². The van der Waals surface area contributed by atoms with Gasteiger partial charge >= 0.3 is 5.97 Å². The Kier molecular flexibility index (Phi) is 8.73. The second kappa shape index (κ2) is 9.20. The number of hydrogen-bond donors (Lipinski definition) is 1. The van der Waals surface area contributed by atoms with E-state index in [1.807, 2.05) is 20.8 Å². The highest BCUT2D eigenvalue weighted by molar-refractivity contribution is 5.78. The van der Waals surface area contributed by atoms with Gasteiger partial charge in [-0.2, -0.15) is 0 Å². The molecule has 0 aromatic rings. The van der Waals surface area contributed by atoms with Crippen LogP contribution < -0.4 is 0 Å². The molecule has 0 rings (SSSR count). The molecule has 0 aromatic carbocycles. The summed E-state index contributed by atoms with van der Waals surface area (Å²) in [6, 6.07) is 0. The van der Waals surface area contributed by atoms with Crippen molar-refractivity contribution >= 4 is 11.7 Å². The summed E-state index contributed by atoms with van der Waals surface area (Å²) in [6.07, 6.45) is 4.45. The average molecular weight is 241 g/mol. The Bertz CT molecular complexity index is 236. The van der Waals surface area contributed by atoms with Gasteiger partial charge in [0.1, 0.15) is 0 Å². The first kappa shape index (κ1) is 16.1. The van der Waals surface area contributed by atoms with Crippen LogP contribution in [-0.4, -0.2) is 18.3 Å². The summed E-state index contributed by atoms with van der Waals surface area (Å²) < 4.78 is 5.28. The van der Waals surface area contributed by atoms with Gasteiger partial charge in [0.2, 0.25) is 0 Å². The minimum atomic E-state index is -0.0526. The van der Waals surface area contributed by atoms with Crippen molar-refractivity contribution in [2.24, 2.45) is 11.8 Å². The smallest absolute Gasteiger partial charge is 0.308 e. The highest BCUT2D eigenvalue weighted by atomic mass is 16.5. The van der Waals surface area contributed by atoms with Crippen LogP contribution in [0.15, 0.2) is 0 Å². The van der Waals surface area contributed by atoms with Crippen molar-refractivity contribution in [3.8, 4) is 0 Å². The summed E-state index contributed by atoms with van der Waals surface area (Å²) in [5.41, 5.74) is 0.691. The van der Waals surface area contributed by atoms with E-state index in [0.29, 0.717) is 18.2 Å². The van der Waals surface area contributed by atoms with E-state index in [0.717, 1.165) is 32.1 Å². The number of carbonyl (C=O) groups excluding carboxylic acids is 1. The van der Waals surface area contributed by atoms with E-state index in [1.165, 1.54) is 0 Å². The van der Waals surface area contributed by atoms with Gasteiger partial charge in [0, 0.05) is 5.71 Å². The number of rotatable bonds is 9. The van der Waals surface area contributed by atoms with E-state index >= 15 is 0 Å². The predicted molar refractivity (Wildman–Crippen MR) is 71.4 cm³/mol. The Balaban J connectivity index is 4.02. The van der Waals surface area contributed by atoms with Gasteiger partial charge in [-0.15, -0.1) is 0 Å². The first-order chi connectivity index (χ1) is 7.97. The zero-order valence-electron chi connectivity index (χ0n) is 11.7. The minimum absolute atomic E-state index is 0.0260. The highest BCUT2D eigenvalue weighted by Crippen LogP contribution is 2.17. The van der Waals surface area contributed by atoms with Crippen molar-refractivity contribution in [2.45, 2.75) is 59.8 Å². The lowest BCUT2D eigenvalue weighted by Crippen LogP contribution is -2.20. The largest absolute Gasteiger partial charge is 0.465 e. The lowest BCUT2D eigenvalue weighted by atomic mass is 9.96. The molecule has 0 radical (unpaired) electrons. The van der Waals surface area contributed by atoms with Crippen LogP contribution in [0, 0.1) is 17.2 Å². The molecule has 0 bridgehead atoms. The molecule has 100 valence electrons. The predicted octanol–water partition coefficient (Wildman–Crippen LogP) is 3.81. The summed E-state index contributed by atoms with van der Waals surface area (Å²) in [7, 11) is 0. The first-order valence-electron chi connectivity index (χ1n) is 6.68. The molecule has 1 N–H and O–H groups in total. The number of hydrogen-bond acceptors (Lipinski definition) is 3. The second-order valence-corrected chi connectivity index (χ2v) is 5.18. The van der Waals surface area contributed by atoms with E-state index < -0.39 is 0 Å². The maximum Gasteiger partial charge on any atom is 0.308 e. The Morgan fingerprint density at radius 3 is 2.41 bits per heavy atom. The first-order valence-corrected chi connectivity index (χ1v) is 6.68. The molecule has 3 nitrogen and oxygen atoms in total. The quantitative estimate of drug-likeness (QED) is 0.493. The number of esters is 1. The molecule has 0 saturated heterocycles. The molecule has 0 aliphatic carbocycles. The summed E-state index contributed by atoms with van der Waals surface area (Å²) >= 11 is 0. The summed E-state index contributed by atoms with van der Waals surface area (Å²) in [4.78, 5) is 11.8. The third-order valence-corrected chi connectivity index (χ3v) is 2.63. The van der Waals surface area contributed by atoms with E-state index in [2.05, 4.69) is 6.92 Å². The molecule has 0 spiro atoms. The summed E-state index contributed by atoms with van der Waals surface area (Å²) in [5.74, 6) is 0.367. The molecule has 3 heteroatoms. The summed E-state index contributed by atoms with van der Waals surface area (Å²) in [6.45, 7) is 8.50. The van der Waals surface area contributed by atoms with Crippen molar-refractivity contribution < 1.29 is 9.53 Å². The highest BCUT2D eigenvalue weighted by Gasteiger charge is 2.19. The molecular formula is C14H27NO2. The lowest BCUT2D eigenvalue weighted by molar-refractivity contribution is -0.150. The van der Waals surface area contributed by atoms with Crippen LogP contribution in [0.25, 0.3) is 0 Å². The summed E-state index contributed by atoms with van der Waals surface area (Å²) in [5, 5.41) is 7.37. The molecule has 0 amide bonds. The molecule has 0 heterocycles. The number of carbonyl (C=O) groups is 1. The van der Waals surface area contributed by atoms with Crippen LogP contribution in [0.5, 0.6) is 0 Å². The number of ether oxygens (including phenoxy) is 1. The molecular weight excluding hydrogens is 214 g/mol. The molecule has 0 fully saturated rings. The van der Waals surface area contributed by atoms with Gasteiger partial charge in [0.15, 0.2) is 0 Å². The molecule has 0 saturated carbocycles. The topological polar surface area (TPSA) is 50.2 Å². The lowest BCUT2D eigenvalue weighted by Gasteiger charge is -2.16. The molecule has 0 aliphatic heterocycles.